The Morgan fingerprint density at radius 3 is 2.53 bits per heavy atom. The van der Waals surface area contributed by atoms with Gasteiger partial charge in [0.2, 0.25) is 5.91 Å². The summed E-state index contributed by atoms with van der Waals surface area (Å²) in [5.74, 6) is 0.0121. The van der Waals surface area contributed by atoms with Gasteiger partial charge in [-0.1, -0.05) is 30.3 Å². The van der Waals surface area contributed by atoms with Crippen LogP contribution >= 0.6 is 0 Å². The molecule has 0 bridgehead atoms. The van der Waals surface area contributed by atoms with E-state index in [-0.39, 0.29) is 17.6 Å². The van der Waals surface area contributed by atoms with Crippen LogP contribution in [-0.4, -0.2) is 35.7 Å². The van der Waals surface area contributed by atoms with Gasteiger partial charge in [0.1, 0.15) is 0 Å². The first-order valence-corrected chi connectivity index (χ1v) is 6.63. The van der Waals surface area contributed by atoms with Crippen molar-refractivity contribution in [3.05, 3.63) is 35.9 Å². The monoisotopic (exact) mass is 264 g/mol. The van der Waals surface area contributed by atoms with Crippen LogP contribution in [0.15, 0.2) is 30.3 Å². The average molecular weight is 264 g/mol. The predicted octanol–water partition coefficient (Wildman–Crippen LogP) is 1.09. The minimum Gasteiger partial charge on any atom is -0.392 e. The molecule has 0 radical (unpaired) electrons. The van der Waals surface area contributed by atoms with Crippen LogP contribution in [0, 0.1) is 0 Å². The molecule has 0 aliphatic carbocycles. The molecule has 1 unspecified atom stereocenters. The summed E-state index contributed by atoms with van der Waals surface area (Å²) in [5.41, 5.74) is 0.776. The Morgan fingerprint density at radius 1 is 1.32 bits per heavy atom. The van der Waals surface area contributed by atoms with Gasteiger partial charge in [-0.15, -0.1) is 0 Å². The van der Waals surface area contributed by atoms with Crippen LogP contribution in [-0.2, 0) is 11.2 Å². The van der Waals surface area contributed by atoms with Gasteiger partial charge < -0.3 is 15.7 Å². The molecule has 1 aromatic rings. The highest BCUT2D eigenvalue weighted by Crippen LogP contribution is 2.02. The molecule has 1 atom stereocenters. The Morgan fingerprint density at radius 2 is 1.95 bits per heavy atom. The number of β-amino-alcohol motifs (C(OH)–C–C–N with tert-alkyl or cyclic N) is 1. The summed E-state index contributed by atoms with van der Waals surface area (Å²) in [5, 5.41) is 15.4. The van der Waals surface area contributed by atoms with E-state index in [9.17, 15) is 9.90 Å². The van der Waals surface area contributed by atoms with Gasteiger partial charge in [-0.3, -0.25) is 4.79 Å². The lowest BCUT2D eigenvalue weighted by molar-refractivity contribution is -0.120. The number of carbonyl (C=O) groups is 1. The number of amides is 1. The van der Waals surface area contributed by atoms with Crippen LogP contribution in [0.2, 0.25) is 0 Å². The van der Waals surface area contributed by atoms with Crippen LogP contribution < -0.4 is 10.6 Å². The maximum absolute atomic E-state index is 11.8. The molecule has 4 nitrogen and oxygen atoms in total. The zero-order valence-electron chi connectivity index (χ0n) is 11.9. The molecule has 0 saturated carbocycles. The molecule has 0 spiro atoms. The molecule has 19 heavy (non-hydrogen) atoms. The van der Waals surface area contributed by atoms with E-state index in [0.29, 0.717) is 19.5 Å². The zero-order chi connectivity index (χ0) is 14.3. The molecular weight excluding hydrogens is 240 g/mol. The Hall–Kier alpha value is -1.39. The molecule has 0 saturated heterocycles. The smallest absolute Gasteiger partial charge is 0.224 e. The second-order valence-corrected chi connectivity index (χ2v) is 5.55. The number of rotatable bonds is 7. The highest BCUT2D eigenvalue weighted by molar-refractivity contribution is 5.78. The maximum atomic E-state index is 11.8. The van der Waals surface area contributed by atoms with Gasteiger partial charge in [0.15, 0.2) is 0 Å². The average Bonchev–Trinajstić information content (AvgIpc) is 2.36. The first kappa shape index (κ1) is 15.7. The van der Waals surface area contributed by atoms with Crippen LogP contribution in [0.3, 0.4) is 0 Å². The maximum Gasteiger partial charge on any atom is 0.224 e. The summed E-state index contributed by atoms with van der Waals surface area (Å²) in [4.78, 5) is 11.8. The second kappa shape index (κ2) is 7.26. The van der Waals surface area contributed by atoms with Gasteiger partial charge in [-0.05, 0) is 26.3 Å². The van der Waals surface area contributed by atoms with E-state index in [1.54, 1.807) is 6.92 Å². The van der Waals surface area contributed by atoms with E-state index in [1.807, 2.05) is 44.2 Å². The van der Waals surface area contributed by atoms with Gasteiger partial charge in [0.05, 0.1) is 12.5 Å². The van der Waals surface area contributed by atoms with E-state index in [0.717, 1.165) is 5.56 Å². The Balaban J connectivity index is 2.33. The zero-order valence-corrected chi connectivity index (χ0v) is 11.9. The van der Waals surface area contributed by atoms with Crippen molar-refractivity contribution in [2.45, 2.75) is 38.8 Å². The first-order valence-electron chi connectivity index (χ1n) is 6.63. The van der Waals surface area contributed by atoms with Crippen molar-refractivity contribution in [3.8, 4) is 0 Å². The highest BCUT2D eigenvalue weighted by Gasteiger charge is 2.18. The SMILES string of the molecule is CC(O)CNC(C)(C)CNC(=O)Cc1ccccc1. The third-order valence-corrected chi connectivity index (χ3v) is 2.81. The molecule has 3 N–H and O–H groups in total. The van der Waals surface area contributed by atoms with Crippen LogP contribution in [0.25, 0.3) is 0 Å². The van der Waals surface area contributed by atoms with Crippen molar-refractivity contribution >= 4 is 5.91 Å². The molecular formula is C15H24N2O2. The number of aliphatic hydroxyl groups is 1. The Kier molecular flexibility index (Phi) is 5.99. The molecule has 0 aromatic heterocycles. The third kappa shape index (κ3) is 6.94. The van der Waals surface area contributed by atoms with E-state index in [2.05, 4.69) is 10.6 Å². The van der Waals surface area contributed by atoms with Crippen LogP contribution in [0.5, 0.6) is 0 Å². The van der Waals surface area contributed by atoms with Gasteiger partial charge in [0.25, 0.3) is 0 Å². The summed E-state index contributed by atoms with van der Waals surface area (Å²) in [6.45, 7) is 6.78. The number of aliphatic hydroxyl groups excluding tert-OH is 1. The molecule has 106 valence electrons. The second-order valence-electron chi connectivity index (χ2n) is 5.55. The fraction of sp³-hybridized carbons (Fsp3) is 0.533. The van der Waals surface area contributed by atoms with Gasteiger partial charge >= 0.3 is 0 Å². The minimum absolute atomic E-state index is 0.0121. The van der Waals surface area contributed by atoms with E-state index < -0.39 is 0 Å². The van der Waals surface area contributed by atoms with Gasteiger partial charge in [-0.25, -0.2) is 0 Å². The largest absolute Gasteiger partial charge is 0.392 e. The van der Waals surface area contributed by atoms with Gasteiger partial charge in [-0.2, -0.15) is 0 Å². The van der Waals surface area contributed by atoms with Crippen molar-refractivity contribution in [2.24, 2.45) is 0 Å². The molecule has 1 amide bonds. The summed E-state index contributed by atoms with van der Waals surface area (Å²) in [6, 6.07) is 9.67. The quantitative estimate of drug-likeness (QED) is 0.691. The number of hydrogen-bond donors (Lipinski definition) is 3. The van der Waals surface area contributed by atoms with Crippen molar-refractivity contribution in [3.63, 3.8) is 0 Å². The fourth-order valence-electron chi connectivity index (χ4n) is 1.65. The van der Waals surface area contributed by atoms with Crippen molar-refractivity contribution < 1.29 is 9.90 Å². The number of hydrogen-bond acceptors (Lipinski definition) is 3. The number of benzene rings is 1. The van der Waals surface area contributed by atoms with E-state index >= 15 is 0 Å². The topological polar surface area (TPSA) is 61.4 Å². The lowest BCUT2D eigenvalue weighted by Gasteiger charge is -2.27. The van der Waals surface area contributed by atoms with Crippen LogP contribution in [0.4, 0.5) is 0 Å². The predicted molar refractivity (Wildman–Crippen MR) is 76.9 cm³/mol. The summed E-state index contributed by atoms with van der Waals surface area (Å²) >= 11 is 0. The lowest BCUT2D eigenvalue weighted by atomic mass is 10.0. The summed E-state index contributed by atoms with van der Waals surface area (Å²) in [7, 11) is 0. The fourth-order valence-corrected chi connectivity index (χ4v) is 1.65. The summed E-state index contributed by atoms with van der Waals surface area (Å²) in [6.07, 6.45) is 0.00661. The summed E-state index contributed by atoms with van der Waals surface area (Å²) < 4.78 is 0. The molecule has 0 fully saturated rings. The first-order chi connectivity index (χ1) is 8.89. The minimum atomic E-state index is -0.390. The normalized spacial score (nSPS) is 13.1. The third-order valence-electron chi connectivity index (χ3n) is 2.81. The van der Waals surface area contributed by atoms with Crippen molar-refractivity contribution in [1.29, 1.82) is 0 Å². The lowest BCUT2D eigenvalue weighted by Crippen LogP contribution is -2.51. The van der Waals surface area contributed by atoms with E-state index in [4.69, 9.17) is 0 Å². The standard InChI is InChI=1S/C15H24N2O2/c1-12(18)10-17-15(2,3)11-16-14(19)9-13-7-5-4-6-8-13/h4-8,12,17-18H,9-11H2,1-3H3,(H,16,19). The van der Waals surface area contributed by atoms with E-state index in [1.165, 1.54) is 0 Å². The number of carbonyl (C=O) groups excluding carboxylic acids is 1. The highest BCUT2D eigenvalue weighted by atomic mass is 16.3. The van der Waals surface area contributed by atoms with Gasteiger partial charge in [0, 0.05) is 18.6 Å². The molecule has 1 aromatic carbocycles. The van der Waals surface area contributed by atoms with Crippen molar-refractivity contribution in [2.75, 3.05) is 13.1 Å². The van der Waals surface area contributed by atoms with Crippen LogP contribution in [0.1, 0.15) is 26.3 Å². The van der Waals surface area contributed by atoms with Crippen molar-refractivity contribution in [1.82, 2.24) is 10.6 Å². The molecule has 4 heteroatoms. The molecule has 0 heterocycles. The molecule has 0 aliphatic rings. The Bertz CT molecular complexity index is 388. The molecule has 1 rings (SSSR count). The number of nitrogens with one attached hydrogen (secondary N) is 2. The Labute approximate surface area is 115 Å². The molecule has 0 aliphatic heterocycles.